The summed E-state index contributed by atoms with van der Waals surface area (Å²) in [6, 6.07) is 16.2. The molecule has 2 aliphatic carbocycles. The Kier molecular flexibility index (Phi) is 3.93. The minimum atomic E-state index is -0.862. The van der Waals surface area contributed by atoms with Crippen molar-refractivity contribution < 1.29 is 19.4 Å². The van der Waals surface area contributed by atoms with E-state index in [-0.39, 0.29) is 36.5 Å². The van der Waals surface area contributed by atoms with Gasteiger partial charge in [0.2, 0.25) is 0 Å². The summed E-state index contributed by atoms with van der Waals surface area (Å²) >= 11 is 0. The fourth-order valence-corrected chi connectivity index (χ4v) is 4.98. The molecule has 0 bridgehead atoms. The SMILES string of the molecule is O=C(O)C[C@@H]1CC2(CC2)CN1C(=O)OCC1c2ccccc2-c2ccccc21. The van der Waals surface area contributed by atoms with E-state index in [1.807, 2.05) is 24.3 Å². The van der Waals surface area contributed by atoms with E-state index in [0.717, 1.165) is 19.3 Å². The standard InChI is InChI=1S/C23H23NO4/c25-21(26)11-15-12-23(9-10-23)14-24(15)22(27)28-13-20-18-7-3-1-5-16(18)17-6-2-4-8-19(17)20/h1-8,15,20H,9-14H2,(H,25,26)/t15-/m1/s1. The topological polar surface area (TPSA) is 66.8 Å². The first-order chi connectivity index (χ1) is 13.6. The van der Waals surface area contributed by atoms with Crippen LogP contribution in [0.2, 0.25) is 0 Å². The maximum Gasteiger partial charge on any atom is 0.410 e. The maximum atomic E-state index is 12.8. The predicted molar refractivity (Wildman–Crippen MR) is 104 cm³/mol. The fraction of sp³-hybridized carbons (Fsp3) is 0.391. The monoisotopic (exact) mass is 377 g/mol. The van der Waals surface area contributed by atoms with E-state index >= 15 is 0 Å². The highest BCUT2D eigenvalue weighted by atomic mass is 16.6. The molecule has 1 amide bonds. The highest BCUT2D eigenvalue weighted by Gasteiger charge is 2.54. The molecule has 0 radical (unpaired) electrons. The summed E-state index contributed by atoms with van der Waals surface area (Å²) in [4.78, 5) is 25.7. The van der Waals surface area contributed by atoms with Gasteiger partial charge in [-0.1, -0.05) is 48.5 Å². The van der Waals surface area contributed by atoms with Gasteiger partial charge in [-0.25, -0.2) is 4.79 Å². The third-order valence-electron chi connectivity index (χ3n) is 6.55. The van der Waals surface area contributed by atoms with Gasteiger partial charge in [0.15, 0.2) is 0 Å². The number of carboxylic acid groups (broad SMARTS) is 1. The van der Waals surface area contributed by atoms with Crippen molar-refractivity contribution in [3.8, 4) is 11.1 Å². The van der Waals surface area contributed by atoms with Crippen molar-refractivity contribution in [2.45, 2.75) is 37.6 Å². The van der Waals surface area contributed by atoms with Gasteiger partial charge in [0.25, 0.3) is 0 Å². The van der Waals surface area contributed by atoms with Gasteiger partial charge in [-0.15, -0.1) is 0 Å². The van der Waals surface area contributed by atoms with E-state index in [4.69, 9.17) is 4.74 Å². The van der Waals surface area contributed by atoms with E-state index in [1.54, 1.807) is 4.90 Å². The number of ether oxygens (including phenoxy) is 1. The average Bonchev–Trinajstić information content (AvgIpc) is 3.23. The first-order valence-corrected chi connectivity index (χ1v) is 9.90. The van der Waals surface area contributed by atoms with Gasteiger partial charge in [0.1, 0.15) is 6.61 Å². The third kappa shape index (κ3) is 2.86. The first-order valence-electron chi connectivity index (χ1n) is 9.90. The van der Waals surface area contributed by atoms with Crippen LogP contribution in [0.25, 0.3) is 11.1 Å². The van der Waals surface area contributed by atoms with E-state index in [1.165, 1.54) is 22.3 Å². The van der Waals surface area contributed by atoms with Gasteiger partial charge in [-0.05, 0) is 46.9 Å². The normalized spacial score (nSPS) is 21.4. The van der Waals surface area contributed by atoms with Crippen LogP contribution in [0.1, 0.15) is 42.7 Å². The molecular formula is C23H23NO4. The third-order valence-corrected chi connectivity index (χ3v) is 6.55. The second-order valence-corrected chi connectivity index (χ2v) is 8.39. The zero-order valence-electron chi connectivity index (χ0n) is 15.6. The zero-order chi connectivity index (χ0) is 19.3. The van der Waals surface area contributed by atoms with Crippen molar-refractivity contribution in [2.75, 3.05) is 13.2 Å². The number of carbonyl (C=O) groups is 2. The molecule has 0 unspecified atom stereocenters. The van der Waals surface area contributed by atoms with Crippen molar-refractivity contribution >= 4 is 12.1 Å². The number of hydrogen-bond acceptors (Lipinski definition) is 3. The molecule has 1 spiro atoms. The van der Waals surface area contributed by atoms with Crippen LogP contribution < -0.4 is 0 Å². The number of amides is 1. The average molecular weight is 377 g/mol. The van der Waals surface area contributed by atoms with Gasteiger partial charge in [-0.2, -0.15) is 0 Å². The number of nitrogens with zero attached hydrogens (tertiary/aromatic N) is 1. The molecule has 1 N–H and O–H groups in total. The molecule has 28 heavy (non-hydrogen) atoms. The Labute approximate surface area is 163 Å². The number of carboxylic acids is 1. The highest BCUT2D eigenvalue weighted by molar-refractivity contribution is 5.79. The van der Waals surface area contributed by atoms with Crippen LogP contribution in [0.15, 0.2) is 48.5 Å². The molecule has 144 valence electrons. The van der Waals surface area contributed by atoms with Crippen LogP contribution in [0.5, 0.6) is 0 Å². The second kappa shape index (κ2) is 6.36. The molecule has 1 saturated carbocycles. The number of fused-ring (bicyclic) bond motifs is 3. The quantitative estimate of drug-likeness (QED) is 0.864. The van der Waals surface area contributed by atoms with Gasteiger partial charge in [-0.3, -0.25) is 4.79 Å². The van der Waals surface area contributed by atoms with E-state index in [9.17, 15) is 14.7 Å². The Hall–Kier alpha value is -2.82. The second-order valence-electron chi connectivity index (χ2n) is 8.39. The number of hydrogen-bond donors (Lipinski definition) is 1. The molecular weight excluding hydrogens is 354 g/mol. The minimum Gasteiger partial charge on any atom is -0.481 e. The largest absolute Gasteiger partial charge is 0.481 e. The van der Waals surface area contributed by atoms with E-state index in [2.05, 4.69) is 24.3 Å². The molecule has 2 fully saturated rings. The van der Waals surface area contributed by atoms with Gasteiger partial charge >= 0.3 is 12.1 Å². The lowest BCUT2D eigenvalue weighted by Crippen LogP contribution is -2.38. The smallest absolute Gasteiger partial charge is 0.410 e. The number of rotatable bonds is 4. The van der Waals surface area contributed by atoms with E-state index in [0.29, 0.717) is 6.54 Å². The molecule has 1 aliphatic heterocycles. The van der Waals surface area contributed by atoms with E-state index < -0.39 is 5.97 Å². The molecule has 3 aliphatic rings. The molecule has 2 aromatic carbocycles. The summed E-state index contributed by atoms with van der Waals surface area (Å²) in [5.41, 5.74) is 4.89. The van der Waals surface area contributed by atoms with Gasteiger partial charge in [0, 0.05) is 18.5 Å². The van der Waals surface area contributed by atoms with Crippen molar-refractivity contribution in [3.63, 3.8) is 0 Å². The summed E-state index contributed by atoms with van der Waals surface area (Å²) in [6.07, 6.45) is 2.55. The van der Waals surface area contributed by atoms with Crippen molar-refractivity contribution in [1.82, 2.24) is 4.90 Å². The first kappa shape index (κ1) is 17.3. The summed E-state index contributed by atoms with van der Waals surface area (Å²) in [5, 5.41) is 9.21. The van der Waals surface area contributed by atoms with Crippen LogP contribution in [-0.2, 0) is 9.53 Å². The van der Waals surface area contributed by atoms with Crippen LogP contribution >= 0.6 is 0 Å². The molecule has 5 rings (SSSR count). The van der Waals surface area contributed by atoms with Crippen LogP contribution in [-0.4, -0.2) is 41.3 Å². The summed E-state index contributed by atoms with van der Waals surface area (Å²) in [6.45, 7) is 0.901. The Balaban J connectivity index is 1.33. The Morgan fingerprint density at radius 1 is 1.04 bits per heavy atom. The predicted octanol–water partition coefficient (Wildman–Crippen LogP) is 4.26. The molecule has 0 aromatic heterocycles. The summed E-state index contributed by atoms with van der Waals surface area (Å²) < 4.78 is 5.75. The number of likely N-dealkylation sites (tertiary alicyclic amines) is 1. The molecule has 2 aromatic rings. The Bertz CT molecular complexity index is 904. The van der Waals surface area contributed by atoms with Crippen LogP contribution in [0, 0.1) is 5.41 Å². The Morgan fingerprint density at radius 2 is 1.64 bits per heavy atom. The number of carbonyl (C=O) groups excluding carboxylic acids is 1. The lowest BCUT2D eigenvalue weighted by molar-refractivity contribution is -0.138. The minimum absolute atomic E-state index is 0.00799. The fourth-order valence-electron chi connectivity index (χ4n) is 4.98. The molecule has 1 atom stereocenters. The zero-order valence-corrected chi connectivity index (χ0v) is 15.6. The lowest BCUT2D eigenvalue weighted by atomic mass is 9.98. The van der Waals surface area contributed by atoms with Crippen molar-refractivity contribution in [3.05, 3.63) is 59.7 Å². The molecule has 5 heteroatoms. The summed E-state index contributed by atoms with van der Waals surface area (Å²) in [7, 11) is 0. The molecule has 1 saturated heterocycles. The van der Waals surface area contributed by atoms with Crippen LogP contribution in [0.3, 0.4) is 0 Å². The highest BCUT2D eigenvalue weighted by Crippen LogP contribution is 2.55. The number of benzene rings is 2. The van der Waals surface area contributed by atoms with Gasteiger partial charge in [0.05, 0.1) is 6.42 Å². The molecule has 1 heterocycles. The van der Waals surface area contributed by atoms with Gasteiger partial charge < -0.3 is 14.7 Å². The van der Waals surface area contributed by atoms with Crippen molar-refractivity contribution in [1.29, 1.82) is 0 Å². The Morgan fingerprint density at radius 3 is 2.21 bits per heavy atom. The van der Waals surface area contributed by atoms with Crippen LogP contribution in [0.4, 0.5) is 4.79 Å². The molecule has 5 nitrogen and oxygen atoms in total. The van der Waals surface area contributed by atoms with Crippen molar-refractivity contribution in [2.24, 2.45) is 5.41 Å². The summed E-state index contributed by atoms with van der Waals surface area (Å²) in [5.74, 6) is -0.842. The number of aliphatic carboxylic acids is 1. The maximum absolute atomic E-state index is 12.8. The lowest BCUT2D eigenvalue weighted by Gasteiger charge is -2.24.